The summed E-state index contributed by atoms with van der Waals surface area (Å²) in [5.74, 6) is 0.159. The van der Waals surface area contributed by atoms with Gasteiger partial charge in [0.1, 0.15) is 0 Å². The Morgan fingerprint density at radius 2 is 2.19 bits per heavy atom. The molecular formula is C17H16ClNOS. The van der Waals surface area contributed by atoms with Crippen LogP contribution in [0.4, 0.5) is 0 Å². The lowest BCUT2D eigenvalue weighted by Gasteiger charge is -2.33. The first kappa shape index (κ1) is 14.4. The van der Waals surface area contributed by atoms with Crippen LogP contribution in [0.1, 0.15) is 27.5 Å². The summed E-state index contributed by atoms with van der Waals surface area (Å²) in [7, 11) is 0. The number of nitrogens with zero attached hydrogens (tertiary/aromatic N) is 1. The number of amides is 1. The lowest BCUT2D eigenvalue weighted by Crippen LogP contribution is -2.37. The molecule has 0 saturated heterocycles. The van der Waals surface area contributed by atoms with Crippen molar-refractivity contribution < 1.29 is 4.79 Å². The number of hydrogen-bond acceptors (Lipinski definition) is 2. The molecule has 2 aromatic rings. The SMILES string of the molecule is C=CC(=O)N1Cc2sc(Cl)cc2C(c2ccccc2C)C1. The van der Waals surface area contributed by atoms with Gasteiger partial charge in [0.2, 0.25) is 5.91 Å². The van der Waals surface area contributed by atoms with Gasteiger partial charge in [-0.15, -0.1) is 11.3 Å². The minimum atomic E-state index is -0.0243. The average molecular weight is 318 g/mol. The third-order valence-corrected chi connectivity index (χ3v) is 5.24. The van der Waals surface area contributed by atoms with Gasteiger partial charge in [-0.2, -0.15) is 0 Å². The molecule has 0 aliphatic carbocycles. The van der Waals surface area contributed by atoms with Gasteiger partial charge in [-0.05, 0) is 35.8 Å². The van der Waals surface area contributed by atoms with Crippen LogP contribution >= 0.6 is 22.9 Å². The number of halogens is 1. The molecule has 0 radical (unpaired) electrons. The second kappa shape index (κ2) is 5.66. The molecule has 0 fully saturated rings. The highest BCUT2D eigenvalue weighted by Gasteiger charge is 2.30. The van der Waals surface area contributed by atoms with Crippen LogP contribution in [0.3, 0.4) is 0 Å². The maximum Gasteiger partial charge on any atom is 0.246 e. The number of carbonyl (C=O) groups excluding carboxylic acids is 1. The molecule has 0 spiro atoms. The maximum absolute atomic E-state index is 12.0. The Morgan fingerprint density at radius 3 is 2.90 bits per heavy atom. The third kappa shape index (κ3) is 2.63. The lowest BCUT2D eigenvalue weighted by atomic mass is 9.86. The van der Waals surface area contributed by atoms with Crippen LogP contribution in [0, 0.1) is 6.92 Å². The van der Waals surface area contributed by atoms with E-state index in [9.17, 15) is 4.79 Å². The predicted molar refractivity (Wildman–Crippen MR) is 88.0 cm³/mol. The Kier molecular flexibility index (Phi) is 3.87. The molecular weight excluding hydrogens is 302 g/mol. The molecule has 1 unspecified atom stereocenters. The molecule has 21 heavy (non-hydrogen) atoms. The summed E-state index contributed by atoms with van der Waals surface area (Å²) in [6.07, 6.45) is 1.38. The monoisotopic (exact) mass is 317 g/mol. The first-order valence-electron chi connectivity index (χ1n) is 6.85. The summed E-state index contributed by atoms with van der Waals surface area (Å²) in [6, 6.07) is 10.4. The fourth-order valence-corrected chi connectivity index (χ4v) is 4.28. The zero-order valence-electron chi connectivity index (χ0n) is 11.8. The summed E-state index contributed by atoms with van der Waals surface area (Å²) >= 11 is 7.76. The van der Waals surface area contributed by atoms with E-state index in [1.54, 1.807) is 11.3 Å². The Morgan fingerprint density at radius 1 is 1.43 bits per heavy atom. The summed E-state index contributed by atoms with van der Waals surface area (Å²) in [4.78, 5) is 15.0. The van der Waals surface area contributed by atoms with Gasteiger partial charge >= 0.3 is 0 Å². The van der Waals surface area contributed by atoms with Crippen molar-refractivity contribution in [2.75, 3.05) is 6.54 Å². The second-order valence-corrected chi connectivity index (χ2v) is 7.03. The number of benzene rings is 1. The van der Waals surface area contributed by atoms with E-state index in [0.29, 0.717) is 13.1 Å². The van der Waals surface area contributed by atoms with Gasteiger partial charge in [-0.3, -0.25) is 4.79 Å². The van der Waals surface area contributed by atoms with Crippen LogP contribution in [0.15, 0.2) is 43.0 Å². The summed E-state index contributed by atoms with van der Waals surface area (Å²) in [6.45, 7) is 7.01. The molecule has 1 aromatic heterocycles. The van der Waals surface area contributed by atoms with E-state index >= 15 is 0 Å². The van der Waals surface area contributed by atoms with Crippen molar-refractivity contribution in [2.45, 2.75) is 19.4 Å². The lowest BCUT2D eigenvalue weighted by molar-refractivity contribution is -0.127. The van der Waals surface area contributed by atoms with Crippen molar-refractivity contribution >= 4 is 28.8 Å². The molecule has 0 N–H and O–H groups in total. The van der Waals surface area contributed by atoms with Gasteiger partial charge in [-0.1, -0.05) is 42.4 Å². The molecule has 3 rings (SSSR count). The number of hydrogen-bond donors (Lipinski definition) is 0. The largest absolute Gasteiger partial charge is 0.333 e. The van der Waals surface area contributed by atoms with Crippen molar-refractivity contribution in [3.8, 4) is 0 Å². The maximum atomic E-state index is 12.0. The van der Waals surface area contributed by atoms with Gasteiger partial charge < -0.3 is 4.90 Å². The Hall–Kier alpha value is -1.58. The average Bonchev–Trinajstić information content (AvgIpc) is 2.86. The molecule has 0 saturated carbocycles. The van der Waals surface area contributed by atoms with E-state index in [-0.39, 0.29) is 11.8 Å². The summed E-state index contributed by atoms with van der Waals surface area (Å²) < 4.78 is 0.784. The Bertz CT molecular complexity index is 707. The molecule has 2 nitrogen and oxygen atoms in total. The van der Waals surface area contributed by atoms with Crippen LogP contribution in [0.2, 0.25) is 4.34 Å². The summed E-state index contributed by atoms with van der Waals surface area (Å²) in [5.41, 5.74) is 3.76. The van der Waals surface area contributed by atoms with Crippen molar-refractivity contribution in [3.05, 3.63) is 68.9 Å². The van der Waals surface area contributed by atoms with Gasteiger partial charge in [0.25, 0.3) is 0 Å². The van der Waals surface area contributed by atoms with E-state index in [1.807, 2.05) is 23.1 Å². The van der Waals surface area contributed by atoms with Crippen LogP contribution in [-0.4, -0.2) is 17.4 Å². The van der Waals surface area contributed by atoms with Crippen molar-refractivity contribution in [2.24, 2.45) is 0 Å². The van der Waals surface area contributed by atoms with Crippen LogP contribution in [0.5, 0.6) is 0 Å². The number of carbonyl (C=O) groups is 1. The molecule has 1 atom stereocenters. The first-order chi connectivity index (χ1) is 10.1. The molecule has 108 valence electrons. The minimum absolute atomic E-state index is 0.0243. The number of aryl methyl sites for hydroxylation is 1. The molecule has 1 aromatic carbocycles. The number of fused-ring (bicyclic) bond motifs is 1. The fraction of sp³-hybridized carbons (Fsp3) is 0.235. The highest BCUT2D eigenvalue weighted by Crippen LogP contribution is 2.40. The van der Waals surface area contributed by atoms with Gasteiger partial charge in [0.15, 0.2) is 0 Å². The van der Waals surface area contributed by atoms with Gasteiger partial charge in [0.05, 0.1) is 10.9 Å². The van der Waals surface area contributed by atoms with E-state index in [4.69, 9.17) is 11.6 Å². The molecule has 4 heteroatoms. The molecule has 1 aliphatic rings. The smallest absolute Gasteiger partial charge is 0.246 e. The van der Waals surface area contributed by atoms with Crippen molar-refractivity contribution in [1.82, 2.24) is 4.90 Å². The van der Waals surface area contributed by atoms with Crippen molar-refractivity contribution in [1.29, 1.82) is 0 Å². The van der Waals surface area contributed by atoms with Gasteiger partial charge in [0, 0.05) is 17.3 Å². The third-order valence-electron chi connectivity index (χ3n) is 3.97. The normalized spacial score (nSPS) is 17.4. The van der Waals surface area contributed by atoms with E-state index < -0.39 is 0 Å². The van der Waals surface area contributed by atoms with Crippen LogP contribution < -0.4 is 0 Å². The van der Waals surface area contributed by atoms with E-state index in [2.05, 4.69) is 25.6 Å². The number of rotatable bonds is 2. The van der Waals surface area contributed by atoms with Crippen LogP contribution in [0.25, 0.3) is 0 Å². The standard InChI is InChI=1S/C17H16ClNOS/c1-3-17(20)19-9-14(12-7-5-4-6-11(12)2)13-8-16(18)21-15(13)10-19/h3-8,14H,1,9-10H2,2H3. The van der Waals surface area contributed by atoms with E-state index in [0.717, 1.165) is 4.34 Å². The zero-order valence-corrected chi connectivity index (χ0v) is 13.4. The number of thiophene rings is 1. The predicted octanol–water partition coefficient (Wildman–Crippen LogP) is 4.37. The highest BCUT2D eigenvalue weighted by atomic mass is 35.5. The second-order valence-electron chi connectivity index (χ2n) is 5.26. The Balaban J connectivity index is 2.08. The topological polar surface area (TPSA) is 20.3 Å². The fourth-order valence-electron chi connectivity index (χ4n) is 2.92. The quantitative estimate of drug-likeness (QED) is 0.753. The minimum Gasteiger partial charge on any atom is -0.333 e. The van der Waals surface area contributed by atoms with Crippen molar-refractivity contribution in [3.63, 3.8) is 0 Å². The highest BCUT2D eigenvalue weighted by molar-refractivity contribution is 7.16. The molecule has 0 bridgehead atoms. The summed E-state index contributed by atoms with van der Waals surface area (Å²) in [5, 5.41) is 0. The van der Waals surface area contributed by atoms with E-state index in [1.165, 1.54) is 27.6 Å². The molecule has 1 aliphatic heterocycles. The van der Waals surface area contributed by atoms with Gasteiger partial charge in [-0.25, -0.2) is 0 Å². The van der Waals surface area contributed by atoms with Crippen LogP contribution in [-0.2, 0) is 11.3 Å². The Labute approximate surface area is 133 Å². The first-order valence-corrected chi connectivity index (χ1v) is 8.04. The molecule has 2 heterocycles. The zero-order chi connectivity index (χ0) is 15.0. The molecule has 1 amide bonds.